The molecule has 1 amide bonds. The number of hydrogen-bond acceptors (Lipinski definition) is 4. The van der Waals surface area contributed by atoms with Crippen molar-refractivity contribution in [1.82, 2.24) is 9.55 Å². The highest BCUT2D eigenvalue weighted by atomic mass is 32.1. The van der Waals surface area contributed by atoms with E-state index in [2.05, 4.69) is 48.9 Å². The first-order valence-electron chi connectivity index (χ1n) is 9.54. The lowest BCUT2D eigenvalue weighted by Gasteiger charge is -2.09. The average molecular weight is 422 g/mol. The number of hydrogen-bond donors (Lipinski definition) is 1. The number of anilines is 1. The molecular formula is C23H23N3OS2. The molecule has 0 aliphatic carbocycles. The molecule has 6 heteroatoms. The Kier molecular flexibility index (Phi) is 5.39. The minimum absolute atomic E-state index is 0.140. The van der Waals surface area contributed by atoms with Crippen molar-refractivity contribution < 1.29 is 4.79 Å². The third-order valence-corrected chi connectivity index (χ3v) is 6.68. The Morgan fingerprint density at radius 3 is 2.83 bits per heavy atom. The molecule has 3 aromatic heterocycles. The van der Waals surface area contributed by atoms with E-state index < -0.39 is 0 Å². The largest absolute Gasteiger partial charge is 0.332 e. The average Bonchev–Trinajstić information content (AvgIpc) is 3.42. The van der Waals surface area contributed by atoms with Gasteiger partial charge in [0.1, 0.15) is 5.69 Å². The molecule has 4 aromatic rings. The van der Waals surface area contributed by atoms with Crippen LogP contribution in [0.25, 0.3) is 21.5 Å². The normalized spacial score (nSPS) is 11.3. The summed E-state index contributed by atoms with van der Waals surface area (Å²) in [5.41, 5.74) is 4.86. The molecule has 0 saturated heterocycles. The predicted molar refractivity (Wildman–Crippen MR) is 124 cm³/mol. The van der Waals surface area contributed by atoms with E-state index in [1.165, 1.54) is 16.9 Å². The topological polar surface area (TPSA) is 46.9 Å². The Labute approximate surface area is 178 Å². The summed E-state index contributed by atoms with van der Waals surface area (Å²) in [5, 5.41) is 8.71. The molecule has 4 rings (SSSR count). The lowest BCUT2D eigenvalue weighted by Crippen LogP contribution is -2.18. The molecule has 0 atom stereocenters. The zero-order valence-electron chi connectivity index (χ0n) is 16.7. The number of carbonyl (C=O) groups excluding carboxylic acids is 1. The Morgan fingerprint density at radius 1 is 1.31 bits per heavy atom. The van der Waals surface area contributed by atoms with Crippen LogP contribution in [0.4, 0.5) is 5.13 Å². The molecule has 148 valence electrons. The van der Waals surface area contributed by atoms with Gasteiger partial charge in [-0.2, -0.15) is 0 Å². The maximum absolute atomic E-state index is 13.2. The van der Waals surface area contributed by atoms with E-state index in [-0.39, 0.29) is 5.91 Å². The lowest BCUT2D eigenvalue weighted by molar-refractivity contribution is 0.101. The number of thiazole rings is 1. The van der Waals surface area contributed by atoms with Gasteiger partial charge in [0, 0.05) is 22.8 Å². The van der Waals surface area contributed by atoms with Crippen molar-refractivity contribution >= 4 is 44.6 Å². The van der Waals surface area contributed by atoms with E-state index in [1.807, 2.05) is 40.5 Å². The maximum atomic E-state index is 13.2. The van der Waals surface area contributed by atoms with Gasteiger partial charge in [0.15, 0.2) is 5.13 Å². The SMILES string of the molecule is C=CCn1c(C(=O)Nc2nc(-c3cccs3)cs2)c(C)c2cc(C(C)C)ccc21. The Bertz CT molecular complexity index is 1180. The summed E-state index contributed by atoms with van der Waals surface area (Å²) in [7, 11) is 0. The molecule has 0 spiro atoms. The molecule has 0 unspecified atom stereocenters. The summed E-state index contributed by atoms with van der Waals surface area (Å²) in [5.74, 6) is 0.295. The maximum Gasteiger partial charge on any atom is 0.274 e. The van der Waals surface area contributed by atoms with Crippen molar-refractivity contribution in [2.45, 2.75) is 33.2 Å². The summed E-state index contributed by atoms with van der Waals surface area (Å²) >= 11 is 3.08. The van der Waals surface area contributed by atoms with Gasteiger partial charge in [0.25, 0.3) is 5.91 Å². The Balaban J connectivity index is 1.72. The predicted octanol–water partition coefficient (Wildman–Crippen LogP) is 6.70. The Hall–Kier alpha value is -2.70. The minimum Gasteiger partial charge on any atom is -0.332 e. The fraction of sp³-hybridized carbons (Fsp3) is 0.217. The third-order valence-electron chi connectivity index (χ3n) is 5.03. The molecule has 0 fully saturated rings. The summed E-state index contributed by atoms with van der Waals surface area (Å²) in [4.78, 5) is 18.9. The van der Waals surface area contributed by atoms with Crippen LogP contribution in [0.3, 0.4) is 0 Å². The van der Waals surface area contributed by atoms with Crippen molar-refractivity contribution in [2.75, 3.05) is 5.32 Å². The van der Waals surface area contributed by atoms with Crippen LogP contribution >= 0.6 is 22.7 Å². The van der Waals surface area contributed by atoms with Crippen LogP contribution in [0.1, 0.15) is 41.4 Å². The summed E-state index contributed by atoms with van der Waals surface area (Å²) < 4.78 is 2.03. The minimum atomic E-state index is -0.140. The van der Waals surface area contributed by atoms with Gasteiger partial charge in [-0.1, -0.05) is 32.1 Å². The third kappa shape index (κ3) is 3.66. The molecule has 0 radical (unpaired) electrons. The first-order valence-corrected chi connectivity index (χ1v) is 11.3. The Morgan fingerprint density at radius 2 is 2.14 bits per heavy atom. The van der Waals surface area contributed by atoms with Crippen molar-refractivity contribution in [1.29, 1.82) is 0 Å². The van der Waals surface area contributed by atoms with Gasteiger partial charge in [0.2, 0.25) is 0 Å². The first kappa shape index (κ1) is 19.6. The van der Waals surface area contributed by atoms with Crippen LogP contribution in [0.2, 0.25) is 0 Å². The number of fused-ring (bicyclic) bond motifs is 1. The molecule has 3 heterocycles. The van der Waals surface area contributed by atoms with E-state index in [9.17, 15) is 4.79 Å². The molecular weight excluding hydrogens is 398 g/mol. The summed E-state index contributed by atoms with van der Waals surface area (Å²) in [6.45, 7) is 10.8. The van der Waals surface area contributed by atoms with Crippen LogP contribution in [0.5, 0.6) is 0 Å². The molecule has 1 aromatic carbocycles. The van der Waals surface area contributed by atoms with E-state index in [0.29, 0.717) is 23.3 Å². The standard InChI is InChI=1S/C23H23N3OS2/c1-5-10-26-19-9-8-16(14(2)3)12-17(19)15(4)21(26)22(27)25-23-24-18(13-29-23)20-7-6-11-28-20/h5-9,11-14H,1,10H2,2-4H3,(H,24,25,27). The van der Waals surface area contributed by atoms with Gasteiger partial charge in [0.05, 0.1) is 10.6 Å². The fourth-order valence-electron chi connectivity index (χ4n) is 3.54. The number of benzene rings is 1. The number of rotatable bonds is 6. The van der Waals surface area contributed by atoms with Crippen molar-refractivity contribution in [3.63, 3.8) is 0 Å². The van der Waals surface area contributed by atoms with E-state index in [4.69, 9.17) is 0 Å². The smallest absolute Gasteiger partial charge is 0.274 e. The lowest BCUT2D eigenvalue weighted by atomic mass is 10.0. The van der Waals surface area contributed by atoms with Gasteiger partial charge in [-0.05, 0) is 47.5 Å². The second-order valence-corrected chi connectivity index (χ2v) is 9.08. The number of amides is 1. The quantitative estimate of drug-likeness (QED) is 0.352. The number of carbonyl (C=O) groups is 1. The van der Waals surface area contributed by atoms with Gasteiger partial charge in [-0.15, -0.1) is 29.3 Å². The number of allylic oxidation sites excluding steroid dienone is 1. The highest BCUT2D eigenvalue weighted by Gasteiger charge is 2.21. The van der Waals surface area contributed by atoms with E-state index in [0.717, 1.165) is 27.0 Å². The molecule has 0 saturated carbocycles. The zero-order valence-corrected chi connectivity index (χ0v) is 18.4. The van der Waals surface area contributed by atoms with Gasteiger partial charge >= 0.3 is 0 Å². The number of aromatic nitrogens is 2. The fourth-order valence-corrected chi connectivity index (χ4v) is 5.00. The van der Waals surface area contributed by atoms with Crippen LogP contribution in [-0.2, 0) is 6.54 Å². The zero-order chi connectivity index (χ0) is 20.5. The molecule has 0 aliphatic rings. The monoisotopic (exact) mass is 421 g/mol. The van der Waals surface area contributed by atoms with Gasteiger partial charge in [-0.25, -0.2) is 4.98 Å². The van der Waals surface area contributed by atoms with Crippen molar-refractivity contribution in [3.8, 4) is 10.6 Å². The van der Waals surface area contributed by atoms with Crippen molar-refractivity contribution in [3.05, 3.63) is 70.6 Å². The number of nitrogens with zero attached hydrogens (tertiary/aromatic N) is 2. The van der Waals surface area contributed by atoms with Gasteiger partial charge in [-0.3, -0.25) is 10.1 Å². The number of thiophene rings is 1. The van der Waals surface area contributed by atoms with Gasteiger partial charge < -0.3 is 4.57 Å². The molecule has 29 heavy (non-hydrogen) atoms. The molecule has 0 bridgehead atoms. The summed E-state index contributed by atoms with van der Waals surface area (Å²) in [6, 6.07) is 10.5. The first-order chi connectivity index (χ1) is 14.0. The second kappa shape index (κ2) is 7.97. The highest BCUT2D eigenvalue weighted by Crippen LogP contribution is 2.31. The molecule has 4 nitrogen and oxygen atoms in total. The molecule has 0 aliphatic heterocycles. The van der Waals surface area contributed by atoms with Crippen LogP contribution in [-0.4, -0.2) is 15.5 Å². The number of nitrogens with one attached hydrogen (secondary N) is 1. The number of aryl methyl sites for hydroxylation is 1. The van der Waals surface area contributed by atoms with Crippen LogP contribution in [0, 0.1) is 6.92 Å². The van der Waals surface area contributed by atoms with E-state index >= 15 is 0 Å². The van der Waals surface area contributed by atoms with Crippen molar-refractivity contribution in [2.24, 2.45) is 0 Å². The summed E-state index contributed by atoms with van der Waals surface area (Å²) in [6.07, 6.45) is 1.82. The molecule has 1 N–H and O–H groups in total. The van der Waals surface area contributed by atoms with Crippen LogP contribution in [0.15, 0.2) is 53.7 Å². The highest BCUT2D eigenvalue weighted by molar-refractivity contribution is 7.16. The second-order valence-electron chi connectivity index (χ2n) is 7.27. The van der Waals surface area contributed by atoms with E-state index in [1.54, 1.807) is 11.3 Å². The van der Waals surface area contributed by atoms with Crippen LogP contribution < -0.4 is 5.32 Å².